The summed E-state index contributed by atoms with van der Waals surface area (Å²) in [4.78, 5) is 0. The van der Waals surface area contributed by atoms with E-state index >= 15 is 0 Å². The van der Waals surface area contributed by atoms with Crippen LogP contribution < -0.4 is 11.5 Å². The van der Waals surface area contributed by atoms with Gasteiger partial charge in [-0.25, -0.2) is 0 Å². The van der Waals surface area contributed by atoms with E-state index in [1.807, 2.05) is 0 Å². The van der Waals surface area contributed by atoms with Crippen LogP contribution in [0.4, 0.5) is 0 Å². The molecule has 5 heteroatoms. The summed E-state index contributed by atoms with van der Waals surface area (Å²) in [5.41, 5.74) is 10.7. The minimum absolute atomic E-state index is 0.199. The molecular weight excluding hydrogens is 148 g/mol. The molecule has 4 atom stereocenters. The Morgan fingerprint density at radius 3 is 2.55 bits per heavy atom. The van der Waals surface area contributed by atoms with E-state index in [4.69, 9.17) is 16.2 Å². The molecule has 1 unspecified atom stereocenters. The molecule has 1 heterocycles. The van der Waals surface area contributed by atoms with Crippen molar-refractivity contribution in [2.45, 2.75) is 24.4 Å². The Balaban J connectivity index is 2.52. The highest BCUT2D eigenvalue weighted by atomic mass is 16.5. The molecule has 0 amide bonds. The first kappa shape index (κ1) is 8.89. The van der Waals surface area contributed by atoms with E-state index in [0.717, 1.165) is 0 Å². The number of hydrogen-bond donors (Lipinski definition) is 4. The molecule has 6 N–H and O–H groups in total. The minimum Gasteiger partial charge on any atom is -0.389 e. The zero-order valence-corrected chi connectivity index (χ0v) is 6.18. The van der Waals surface area contributed by atoms with Gasteiger partial charge in [0.2, 0.25) is 0 Å². The lowest BCUT2D eigenvalue weighted by Gasteiger charge is -2.35. The molecule has 0 aliphatic carbocycles. The zero-order chi connectivity index (χ0) is 8.43. The molecule has 0 spiro atoms. The fraction of sp³-hybridized carbons (Fsp3) is 1.00. The summed E-state index contributed by atoms with van der Waals surface area (Å²) in [5.74, 6) is 0. The molecule has 0 bridgehead atoms. The molecule has 0 saturated carbocycles. The molecule has 66 valence electrons. The monoisotopic (exact) mass is 162 g/mol. The third-order valence-corrected chi connectivity index (χ3v) is 1.90. The van der Waals surface area contributed by atoms with E-state index in [2.05, 4.69) is 0 Å². The smallest absolute Gasteiger partial charge is 0.109 e. The normalized spacial score (nSPS) is 45.8. The summed E-state index contributed by atoms with van der Waals surface area (Å²) in [6.07, 6.45) is -2.36. The lowest BCUT2D eigenvalue weighted by atomic mass is 9.99. The molecule has 1 fully saturated rings. The molecule has 1 rings (SSSR count). The zero-order valence-electron chi connectivity index (χ0n) is 6.18. The molecule has 0 aromatic carbocycles. The number of nitrogens with two attached hydrogens (primary N) is 2. The first-order valence-electron chi connectivity index (χ1n) is 3.60. The van der Waals surface area contributed by atoms with E-state index < -0.39 is 24.4 Å². The molecule has 1 saturated heterocycles. The van der Waals surface area contributed by atoms with E-state index in [9.17, 15) is 10.2 Å². The Bertz CT molecular complexity index is 131. The van der Waals surface area contributed by atoms with Gasteiger partial charge in [-0.2, -0.15) is 0 Å². The fourth-order valence-electron chi connectivity index (χ4n) is 1.11. The Morgan fingerprint density at radius 2 is 2.00 bits per heavy atom. The predicted molar refractivity (Wildman–Crippen MR) is 38.8 cm³/mol. The van der Waals surface area contributed by atoms with Crippen LogP contribution in [-0.2, 0) is 4.74 Å². The Kier molecular flexibility index (Phi) is 2.80. The molecule has 5 nitrogen and oxygen atoms in total. The number of aliphatic hydroxyl groups excluding tert-OH is 2. The van der Waals surface area contributed by atoms with E-state index in [1.54, 1.807) is 0 Å². The molecule has 0 aromatic rings. The maximum absolute atomic E-state index is 9.27. The molecule has 1 aliphatic rings. The maximum atomic E-state index is 9.27. The van der Waals surface area contributed by atoms with Gasteiger partial charge in [0.15, 0.2) is 0 Å². The van der Waals surface area contributed by atoms with Crippen LogP contribution in [0.25, 0.3) is 0 Å². The summed E-state index contributed by atoms with van der Waals surface area (Å²) in [6, 6.07) is -0.507. The second kappa shape index (κ2) is 3.46. The van der Waals surface area contributed by atoms with Crippen LogP contribution in [0.1, 0.15) is 0 Å². The van der Waals surface area contributed by atoms with Gasteiger partial charge < -0.3 is 26.4 Å². The second-order valence-electron chi connectivity index (χ2n) is 2.75. The average molecular weight is 162 g/mol. The summed E-state index contributed by atoms with van der Waals surface area (Å²) < 4.78 is 5.06. The van der Waals surface area contributed by atoms with Crippen molar-refractivity contribution in [3.63, 3.8) is 0 Å². The van der Waals surface area contributed by atoms with Crippen LogP contribution in [-0.4, -0.2) is 47.7 Å². The third-order valence-electron chi connectivity index (χ3n) is 1.90. The van der Waals surface area contributed by atoms with E-state index in [0.29, 0.717) is 0 Å². The van der Waals surface area contributed by atoms with Crippen LogP contribution in [0, 0.1) is 0 Å². The van der Waals surface area contributed by atoms with Gasteiger partial charge in [0.1, 0.15) is 6.10 Å². The van der Waals surface area contributed by atoms with Gasteiger partial charge in [-0.1, -0.05) is 0 Å². The first-order chi connectivity index (χ1) is 5.16. The average Bonchev–Trinajstić information content (AvgIpc) is 2.01. The second-order valence-corrected chi connectivity index (χ2v) is 2.75. The van der Waals surface area contributed by atoms with Crippen molar-refractivity contribution >= 4 is 0 Å². The third kappa shape index (κ3) is 1.69. The molecule has 0 aromatic heterocycles. The Morgan fingerprint density at radius 1 is 1.36 bits per heavy atom. The molecular formula is C6H14N2O3. The van der Waals surface area contributed by atoms with Gasteiger partial charge in [-0.15, -0.1) is 0 Å². The number of rotatable bonds is 1. The Hall–Kier alpha value is -0.200. The summed E-state index contributed by atoms with van der Waals surface area (Å²) in [7, 11) is 0. The van der Waals surface area contributed by atoms with E-state index in [1.165, 1.54) is 0 Å². The van der Waals surface area contributed by atoms with Crippen molar-refractivity contribution in [3.05, 3.63) is 0 Å². The van der Waals surface area contributed by atoms with Crippen molar-refractivity contribution in [2.24, 2.45) is 11.5 Å². The maximum Gasteiger partial charge on any atom is 0.109 e. The number of hydrogen-bond acceptors (Lipinski definition) is 5. The van der Waals surface area contributed by atoms with Gasteiger partial charge in [-0.3, -0.25) is 0 Å². The lowest BCUT2D eigenvalue weighted by Crippen LogP contribution is -2.58. The van der Waals surface area contributed by atoms with Crippen molar-refractivity contribution in [3.8, 4) is 0 Å². The standard InChI is InChI=1S/C6H14N2O3/c7-1-4-6(10)5(9)3(8)2-11-4/h3-6,9-10H,1-2,7-8H2/t3-,4?,5+,6+/m0/s1. The SMILES string of the molecule is NCC1OC[C@H](N)[C@@H](O)[C@@H]1O. The fourth-order valence-corrected chi connectivity index (χ4v) is 1.11. The summed E-state index contributed by atoms with van der Waals surface area (Å²) >= 11 is 0. The van der Waals surface area contributed by atoms with Crippen molar-refractivity contribution in [2.75, 3.05) is 13.2 Å². The Labute approximate surface area is 64.9 Å². The highest BCUT2D eigenvalue weighted by molar-refractivity contribution is 4.88. The highest BCUT2D eigenvalue weighted by Gasteiger charge is 2.35. The summed E-state index contributed by atoms with van der Waals surface area (Å²) in [5, 5.41) is 18.5. The van der Waals surface area contributed by atoms with Gasteiger partial charge in [0.25, 0.3) is 0 Å². The number of aliphatic hydroxyl groups is 2. The molecule has 0 radical (unpaired) electrons. The van der Waals surface area contributed by atoms with Gasteiger partial charge in [-0.05, 0) is 0 Å². The first-order valence-corrected chi connectivity index (χ1v) is 3.60. The lowest BCUT2D eigenvalue weighted by molar-refractivity contribution is -0.139. The van der Waals surface area contributed by atoms with Crippen molar-refractivity contribution in [1.29, 1.82) is 0 Å². The highest BCUT2D eigenvalue weighted by Crippen LogP contribution is 2.12. The van der Waals surface area contributed by atoms with Gasteiger partial charge in [0.05, 0.1) is 24.9 Å². The molecule has 11 heavy (non-hydrogen) atoms. The van der Waals surface area contributed by atoms with Crippen LogP contribution in [0.5, 0.6) is 0 Å². The van der Waals surface area contributed by atoms with Crippen LogP contribution in [0.15, 0.2) is 0 Å². The van der Waals surface area contributed by atoms with Crippen LogP contribution in [0.3, 0.4) is 0 Å². The molecule has 1 aliphatic heterocycles. The predicted octanol–water partition coefficient (Wildman–Crippen LogP) is -2.61. The number of ether oxygens (including phenoxy) is 1. The van der Waals surface area contributed by atoms with Gasteiger partial charge >= 0.3 is 0 Å². The van der Waals surface area contributed by atoms with Gasteiger partial charge in [0, 0.05) is 6.54 Å². The minimum atomic E-state index is -0.955. The quantitative estimate of drug-likeness (QED) is 0.338. The van der Waals surface area contributed by atoms with E-state index in [-0.39, 0.29) is 13.2 Å². The van der Waals surface area contributed by atoms with Crippen molar-refractivity contribution in [1.82, 2.24) is 0 Å². The largest absolute Gasteiger partial charge is 0.389 e. The van der Waals surface area contributed by atoms with Crippen molar-refractivity contribution < 1.29 is 14.9 Å². The summed E-state index contributed by atoms with van der Waals surface area (Å²) in [6.45, 7) is 0.449. The van der Waals surface area contributed by atoms with Crippen LogP contribution >= 0.6 is 0 Å². The topological polar surface area (TPSA) is 102 Å². The van der Waals surface area contributed by atoms with Crippen LogP contribution in [0.2, 0.25) is 0 Å².